The molecule has 0 bridgehead atoms. The number of carbonyl (C=O) groups is 1. The first kappa shape index (κ1) is 15.0. The van der Waals surface area contributed by atoms with Gasteiger partial charge in [0.15, 0.2) is 0 Å². The third-order valence-electron chi connectivity index (χ3n) is 3.82. The van der Waals surface area contributed by atoms with Crippen LogP contribution in [0.15, 0.2) is 18.2 Å². The number of benzene rings is 1. The number of amides is 1. The Hall–Kier alpha value is -1.43. The van der Waals surface area contributed by atoms with Gasteiger partial charge in [-0.15, -0.1) is 0 Å². The van der Waals surface area contributed by atoms with Crippen molar-refractivity contribution in [3.8, 4) is 0 Å². The second-order valence-corrected chi connectivity index (χ2v) is 5.88. The number of rotatable bonds is 4. The zero-order valence-electron chi connectivity index (χ0n) is 11.3. The average Bonchev–Trinajstić information content (AvgIpc) is 2.87. The molecular formula is C14H17BrN2O3. The Morgan fingerprint density at radius 2 is 2.30 bits per heavy atom. The Kier molecular flexibility index (Phi) is 4.75. The average molecular weight is 341 g/mol. The predicted molar refractivity (Wildman–Crippen MR) is 80.3 cm³/mol. The Bertz CT molecular complexity index is 533. The number of hydrogen-bond acceptors (Lipinski definition) is 3. The van der Waals surface area contributed by atoms with E-state index in [9.17, 15) is 14.9 Å². The number of nitro groups is 1. The Balaban J connectivity index is 2.18. The Morgan fingerprint density at radius 1 is 1.55 bits per heavy atom. The van der Waals surface area contributed by atoms with Gasteiger partial charge in [-0.3, -0.25) is 14.9 Å². The maximum absolute atomic E-state index is 12.5. The monoisotopic (exact) mass is 340 g/mol. The maximum Gasteiger partial charge on any atom is 0.273 e. The first-order chi connectivity index (χ1) is 9.54. The lowest BCUT2D eigenvalue weighted by Crippen LogP contribution is -2.29. The van der Waals surface area contributed by atoms with Crippen LogP contribution in [0.4, 0.5) is 5.69 Å². The van der Waals surface area contributed by atoms with Crippen molar-refractivity contribution in [2.24, 2.45) is 5.92 Å². The quantitative estimate of drug-likeness (QED) is 0.480. The molecule has 1 aliphatic rings. The van der Waals surface area contributed by atoms with Crippen molar-refractivity contribution in [3.05, 3.63) is 39.4 Å². The zero-order valence-corrected chi connectivity index (χ0v) is 12.9. The van der Waals surface area contributed by atoms with Crippen molar-refractivity contribution >= 4 is 27.5 Å². The molecule has 1 unspecified atom stereocenters. The van der Waals surface area contributed by atoms with Gasteiger partial charge in [-0.05, 0) is 31.7 Å². The van der Waals surface area contributed by atoms with Gasteiger partial charge in [0, 0.05) is 35.6 Å². The molecule has 0 radical (unpaired) electrons. The number of halogens is 1. The van der Waals surface area contributed by atoms with E-state index in [1.165, 1.54) is 6.07 Å². The highest BCUT2D eigenvalue weighted by Crippen LogP contribution is 2.26. The van der Waals surface area contributed by atoms with Gasteiger partial charge in [-0.2, -0.15) is 0 Å². The van der Waals surface area contributed by atoms with E-state index in [2.05, 4.69) is 15.9 Å². The lowest BCUT2D eigenvalue weighted by molar-refractivity contribution is -0.385. The molecule has 1 saturated heterocycles. The number of alkyl halides is 1. The molecule has 0 saturated carbocycles. The van der Waals surface area contributed by atoms with E-state index in [0.717, 1.165) is 31.3 Å². The molecule has 1 atom stereocenters. The van der Waals surface area contributed by atoms with Gasteiger partial charge in [0.05, 0.1) is 4.92 Å². The Labute approximate surface area is 126 Å². The summed E-state index contributed by atoms with van der Waals surface area (Å²) in [4.78, 5) is 24.8. The van der Waals surface area contributed by atoms with Crippen LogP contribution in [-0.2, 0) is 0 Å². The van der Waals surface area contributed by atoms with Crippen LogP contribution in [0, 0.1) is 23.0 Å². The molecule has 1 aromatic carbocycles. The van der Waals surface area contributed by atoms with Gasteiger partial charge >= 0.3 is 0 Å². The number of hydrogen-bond donors (Lipinski definition) is 0. The molecule has 0 spiro atoms. The lowest BCUT2D eigenvalue weighted by Gasteiger charge is -2.17. The van der Waals surface area contributed by atoms with Crippen molar-refractivity contribution in [1.82, 2.24) is 4.90 Å². The van der Waals surface area contributed by atoms with E-state index in [1.807, 2.05) is 0 Å². The first-order valence-electron chi connectivity index (χ1n) is 6.63. The fraction of sp³-hybridized carbons (Fsp3) is 0.500. The third-order valence-corrected chi connectivity index (χ3v) is 4.28. The summed E-state index contributed by atoms with van der Waals surface area (Å²) < 4.78 is 0. The highest BCUT2D eigenvalue weighted by Gasteiger charge is 2.28. The second kappa shape index (κ2) is 6.35. The maximum atomic E-state index is 12.5. The van der Waals surface area contributed by atoms with E-state index >= 15 is 0 Å². The zero-order chi connectivity index (χ0) is 14.7. The summed E-state index contributed by atoms with van der Waals surface area (Å²) in [5, 5.41) is 11.9. The van der Waals surface area contributed by atoms with Crippen molar-refractivity contribution in [2.45, 2.75) is 19.8 Å². The minimum atomic E-state index is -0.441. The molecule has 0 N–H and O–H groups in total. The second-order valence-electron chi connectivity index (χ2n) is 5.09. The van der Waals surface area contributed by atoms with Gasteiger partial charge in [0.2, 0.25) is 0 Å². The summed E-state index contributed by atoms with van der Waals surface area (Å²) in [5.41, 5.74) is 0.900. The lowest BCUT2D eigenvalue weighted by atomic mass is 10.1. The van der Waals surface area contributed by atoms with Gasteiger partial charge in [-0.1, -0.05) is 22.0 Å². The molecule has 1 fully saturated rings. The van der Waals surface area contributed by atoms with Gasteiger partial charge in [0.1, 0.15) is 0 Å². The molecular weight excluding hydrogens is 324 g/mol. The van der Waals surface area contributed by atoms with Crippen LogP contribution in [-0.4, -0.2) is 34.2 Å². The summed E-state index contributed by atoms with van der Waals surface area (Å²) in [7, 11) is 0. The van der Waals surface area contributed by atoms with Crippen LogP contribution in [0.3, 0.4) is 0 Å². The van der Waals surface area contributed by atoms with Crippen LogP contribution < -0.4 is 0 Å². The van der Waals surface area contributed by atoms with Gasteiger partial charge in [0.25, 0.3) is 11.6 Å². The highest BCUT2D eigenvalue weighted by molar-refractivity contribution is 9.09. The number of nitrogens with zero attached hydrogens (tertiary/aromatic N) is 2. The SMILES string of the molecule is Cc1c(C(=O)N2CCC(CCBr)C2)cccc1[N+](=O)[O-]. The van der Waals surface area contributed by atoms with Gasteiger partial charge < -0.3 is 4.90 Å². The van der Waals surface area contributed by atoms with Crippen molar-refractivity contribution in [3.63, 3.8) is 0 Å². The van der Waals surface area contributed by atoms with Gasteiger partial charge in [-0.25, -0.2) is 0 Å². The molecule has 0 aromatic heterocycles. The van der Waals surface area contributed by atoms with E-state index in [4.69, 9.17) is 0 Å². The van der Waals surface area contributed by atoms with Crippen LogP contribution >= 0.6 is 15.9 Å². The molecule has 20 heavy (non-hydrogen) atoms. The van der Waals surface area contributed by atoms with Crippen molar-refractivity contribution in [2.75, 3.05) is 18.4 Å². The smallest absolute Gasteiger partial charge is 0.273 e. The van der Waals surface area contributed by atoms with Crippen LogP contribution in [0.25, 0.3) is 0 Å². The molecule has 2 rings (SSSR count). The Morgan fingerprint density at radius 3 is 2.95 bits per heavy atom. The molecule has 108 valence electrons. The van der Waals surface area contributed by atoms with E-state index in [-0.39, 0.29) is 11.6 Å². The van der Waals surface area contributed by atoms with Crippen molar-refractivity contribution < 1.29 is 9.72 Å². The number of likely N-dealkylation sites (tertiary alicyclic amines) is 1. The summed E-state index contributed by atoms with van der Waals surface area (Å²) in [6.45, 7) is 3.11. The molecule has 1 aromatic rings. The number of carbonyl (C=O) groups excluding carboxylic acids is 1. The summed E-state index contributed by atoms with van der Waals surface area (Å²) in [6.07, 6.45) is 2.06. The minimum absolute atomic E-state index is 0.00653. The molecule has 5 nitrogen and oxygen atoms in total. The van der Waals surface area contributed by atoms with E-state index in [1.54, 1.807) is 24.0 Å². The topological polar surface area (TPSA) is 63.5 Å². The fourth-order valence-electron chi connectivity index (χ4n) is 2.63. The summed E-state index contributed by atoms with van der Waals surface area (Å²) >= 11 is 3.42. The van der Waals surface area contributed by atoms with Crippen LogP contribution in [0.5, 0.6) is 0 Å². The molecule has 1 aliphatic heterocycles. The van der Waals surface area contributed by atoms with Crippen molar-refractivity contribution in [1.29, 1.82) is 0 Å². The molecule has 1 heterocycles. The van der Waals surface area contributed by atoms with Crippen LogP contribution in [0.2, 0.25) is 0 Å². The van der Waals surface area contributed by atoms with E-state index < -0.39 is 4.92 Å². The minimum Gasteiger partial charge on any atom is -0.338 e. The fourth-order valence-corrected chi connectivity index (χ4v) is 3.28. The van der Waals surface area contributed by atoms with Crippen LogP contribution in [0.1, 0.15) is 28.8 Å². The summed E-state index contributed by atoms with van der Waals surface area (Å²) in [6, 6.07) is 4.68. The predicted octanol–water partition coefficient (Wildman–Crippen LogP) is 3.15. The highest BCUT2D eigenvalue weighted by atomic mass is 79.9. The normalized spacial score (nSPS) is 18.3. The largest absolute Gasteiger partial charge is 0.338 e. The molecule has 1 amide bonds. The molecule has 0 aliphatic carbocycles. The van der Waals surface area contributed by atoms with E-state index in [0.29, 0.717) is 17.0 Å². The standard InChI is InChI=1S/C14H17BrN2O3/c1-10-12(3-2-4-13(10)17(19)20)14(18)16-8-6-11(9-16)5-7-15/h2-4,11H,5-9H2,1H3. The third kappa shape index (κ3) is 3.00. The summed E-state index contributed by atoms with van der Waals surface area (Å²) in [5.74, 6) is 0.431. The molecule has 6 heteroatoms. The number of nitro benzene ring substituents is 1. The first-order valence-corrected chi connectivity index (χ1v) is 7.76.